The zero-order valence-corrected chi connectivity index (χ0v) is 19.9. The van der Waals surface area contributed by atoms with Crippen molar-refractivity contribution < 1.29 is 4.74 Å². The molecule has 1 aromatic carbocycles. The second-order valence-electron chi connectivity index (χ2n) is 6.82. The van der Waals surface area contributed by atoms with Crippen LogP contribution in [-0.4, -0.2) is 42.6 Å². The minimum atomic E-state index is 0. The zero-order valence-electron chi connectivity index (χ0n) is 16.7. The van der Waals surface area contributed by atoms with Crippen molar-refractivity contribution in [1.29, 1.82) is 0 Å². The van der Waals surface area contributed by atoms with Gasteiger partial charge >= 0.3 is 0 Å². The largest absolute Gasteiger partial charge is 0.370 e. The van der Waals surface area contributed by atoms with E-state index >= 15 is 0 Å². The van der Waals surface area contributed by atoms with Crippen LogP contribution in [0, 0.1) is 27.7 Å². The summed E-state index contributed by atoms with van der Waals surface area (Å²) in [4.78, 5) is 12.6. The van der Waals surface area contributed by atoms with E-state index in [-0.39, 0.29) is 30.1 Å². The van der Waals surface area contributed by atoms with Gasteiger partial charge in [-0.2, -0.15) is 0 Å². The Morgan fingerprint density at radius 2 is 2.11 bits per heavy atom. The van der Waals surface area contributed by atoms with E-state index in [2.05, 4.69) is 66.1 Å². The van der Waals surface area contributed by atoms with Crippen molar-refractivity contribution in [2.24, 2.45) is 4.99 Å². The molecule has 148 valence electrons. The number of halogens is 1. The number of hydrogen-bond donors (Lipinski definition) is 1. The minimum absolute atomic E-state index is 0. The van der Waals surface area contributed by atoms with Gasteiger partial charge in [0.05, 0.1) is 25.4 Å². The van der Waals surface area contributed by atoms with Gasteiger partial charge in [0.2, 0.25) is 0 Å². The lowest BCUT2D eigenvalue weighted by molar-refractivity contribution is -0.00834. The van der Waals surface area contributed by atoms with Crippen LogP contribution in [-0.2, 0) is 11.3 Å². The first-order chi connectivity index (χ1) is 12.5. The second-order valence-corrected chi connectivity index (χ2v) is 8.10. The molecule has 0 spiro atoms. The molecule has 5 nitrogen and oxygen atoms in total. The number of guanidine groups is 1. The number of nitrogens with zero attached hydrogens (tertiary/aromatic N) is 3. The first kappa shape index (κ1) is 22.1. The van der Waals surface area contributed by atoms with E-state index in [0.29, 0.717) is 13.2 Å². The summed E-state index contributed by atoms with van der Waals surface area (Å²) in [6.07, 6.45) is 0.0762. The van der Waals surface area contributed by atoms with Crippen LogP contribution in [0.3, 0.4) is 0 Å². The van der Waals surface area contributed by atoms with Crippen LogP contribution in [0.2, 0.25) is 0 Å². The Morgan fingerprint density at radius 3 is 2.74 bits per heavy atom. The van der Waals surface area contributed by atoms with Gasteiger partial charge < -0.3 is 15.0 Å². The van der Waals surface area contributed by atoms with Crippen molar-refractivity contribution in [1.82, 2.24) is 15.2 Å². The summed E-state index contributed by atoms with van der Waals surface area (Å²) < 4.78 is 6.06. The first-order valence-electron chi connectivity index (χ1n) is 9.05. The minimum Gasteiger partial charge on any atom is -0.370 e. The normalized spacial score (nSPS) is 17.6. The molecule has 1 aromatic heterocycles. The molecule has 0 amide bonds. The Morgan fingerprint density at radius 1 is 1.33 bits per heavy atom. The van der Waals surface area contributed by atoms with Crippen LogP contribution in [0.15, 0.2) is 23.2 Å². The van der Waals surface area contributed by atoms with Crippen LogP contribution < -0.4 is 5.32 Å². The van der Waals surface area contributed by atoms with Crippen molar-refractivity contribution >= 4 is 41.3 Å². The fraction of sp³-hybridized carbons (Fsp3) is 0.500. The summed E-state index contributed by atoms with van der Waals surface area (Å²) in [7, 11) is 1.84. The lowest BCUT2D eigenvalue weighted by atomic mass is 10.00. The molecule has 7 heteroatoms. The molecule has 0 saturated carbocycles. The molecule has 2 heterocycles. The number of aryl methyl sites for hydroxylation is 4. The number of rotatable bonds is 3. The van der Waals surface area contributed by atoms with Crippen LogP contribution in [0.25, 0.3) is 0 Å². The van der Waals surface area contributed by atoms with Crippen molar-refractivity contribution in [2.75, 3.05) is 26.7 Å². The Bertz CT molecular complexity index is 786. The Labute approximate surface area is 183 Å². The van der Waals surface area contributed by atoms with Crippen LogP contribution in [0.4, 0.5) is 0 Å². The number of hydrogen-bond acceptors (Lipinski definition) is 4. The van der Waals surface area contributed by atoms with E-state index < -0.39 is 0 Å². The SMILES string of the molecule is CN=C(NCc1nc(C)c(C)s1)N1CCOC(c2ccc(C)cc2C)C1.I. The smallest absolute Gasteiger partial charge is 0.194 e. The number of nitrogens with one attached hydrogen (secondary N) is 1. The number of aromatic nitrogens is 1. The fourth-order valence-corrected chi connectivity index (χ4v) is 4.19. The third-order valence-corrected chi connectivity index (χ3v) is 5.89. The molecule has 1 N–H and O–H groups in total. The predicted molar refractivity (Wildman–Crippen MR) is 123 cm³/mol. The predicted octanol–water partition coefficient (Wildman–Crippen LogP) is 4.14. The highest BCUT2D eigenvalue weighted by atomic mass is 127. The van der Waals surface area contributed by atoms with Gasteiger partial charge in [-0.05, 0) is 38.8 Å². The number of aliphatic imine (C=N–C) groups is 1. The van der Waals surface area contributed by atoms with Gasteiger partial charge in [0.25, 0.3) is 0 Å². The van der Waals surface area contributed by atoms with E-state index in [1.165, 1.54) is 21.6 Å². The van der Waals surface area contributed by atoms with E-state index in [4.69, 9.17) is 4.74 Å². The molecule has 2 aromatic rings. The first-order valence-corrected chi connectivity index (χ1v) is 9.87. The van der Waals surface area contributed by atoms with Gasteiger partial charge in [0.15, 0.2) is 5.96 Å². The Kier molecular flexibility index (Phi) is 8.05. The average molecular weight is 500 g/mol. The standard InChI is InChI=1S/C20H28N4OS.HI/c1-13-6-7-17(14(2)10-13)18-12-24(8-9-25-18)20(21-5)22-11-19-23-15(3)16(4)26-19;/h6-7,10,18H,8-9,11-12H2,1-5H3,(H,21,22);1H. The van der Waals surface area contributed by atoms with E-state index in [1.807, 2.05) is 7.05 Å². The molecular formula is C20H29IN4OS. The number of ether oxygens (including phenoxy) is 1. The van der Waals surface area contributed by atoms with E-state index in [1.54, 1.807) is 11.3 Å². The van der Waals surface area contributed by atoms with Crippen molar-refractivity contribution in [3.8, 4) is 0 Å². The van der Waals surface area contributed by atoms with Crippen molar-refractivity contribution in [2.45, 2.75) is 40.3 Å². The highest BCUT2D eigenvalue weighted by Gasteiger charge is 2.25. The van der Waals surface area contributed by atoms with Gasteiger partial charge in [-0.25, -0.2) is 4.98 Å². The molecule has 0 bridgehead atoms. The van der Waals surface area contributed by atoms with Gasteiger partial charge in [0, 0.05) is 18.5 Å². The Balaban J connectivity index is 0.00000261. The van der Waals surface area contributed by atoms with Gasteiger partial charge in [-0.3, -0.25) is 4.99 Å². The topological polar surface area (TPSA) is 49.8 Å². The molecule has 0 aliphatic carbocycles. The lowest BCUT2D eigenvalue weighted by Crippen LogP contribution is -2.48. The third-order valence-electron chi connectivity index (χ3n) is 4.82. The summed E-state index contributed by atoms with van der Waals surface area (Å²) in [6.45, 7) is 11.5. The maximum absolute atomic E-state index is 6.06. The molecule has 1 saturated heterocycles. The van der Waals surface area contributed by atoms with Gasteiger partial charge in [-0.15, -0.1) is 35.3 Å². The fourth-order valence-electron chi connectivity index (χ4n) is 3.32. The van der Waals surface area contributed by atoms with Crippen molar-refractivity contribution in [3.63, 3.8) is 0 Å². The van der Waals surface area contributed by atoms with Crippen LogP contribution in [0.5, 0.6) is 0 Å². The number of morpholine rings is 1. The maximum Gasteiger partial charge on any atom is 0.194 e. The molecular weight excluding hydrogens is 471 g/mol. The summed E-state index contributed by atoms with van der Waals surface area (Å²) >= 11 is 1.74. The highest BCUT2D eigenvalue weighted by Crippen LogP contribution is 2.26. The molecule has 1 fully saturated rings. The highest BCUT2D eigenvalue weighted by molar-refractivity contribution is 14.0. The molecule has 0 radical (unpaired) electrons. The molecule has 3 rings (SSSR count). The summed E-state index contributed by atoms with van der Waals surface area (Å²) in [5.74, 6) is 0.911. The van der Waals surface area contributed by atoms with Crippen molar-refractivity contribution in [3.05, 3.63) is 50.5 Å². The summed E-state index contributed by atoms with van der Waals surface area (Å²) in [6, 6.07) is 6.57. The van der Waals surface area contributed by atoms with Gasteiger partial charge in [-0.1, -0.05) is 23.8 Å². The summed E-state index contributed by atoms with van der Waals surface area (Å²) in [5.41, 5.74) is 4.95. The third kappa shape index (κ3) is 5.42. The molecule has 27 heavy (non-hydrogen) atoms. The van der Waals surface area contributed by atoms with Crippen LogP contribution >= 0.6 is 35.3 Å². The van der Waals surface area contributed by atoms with Gasteiger partial charge in [0.1, 0.15) is 11.1 Å². The monoisotopic (exact) mass is 500 g/mol. The molecule has 1 atom stereocenters. The quantitative estimate of drug-likeness (QED) is 0.391. The molecule has 1 unspecified atom stereocenters. The lowest BCUT2D eigenvalue weighted by Gasteiger charge is -2.35. The average Bonchev–Trinajstić information content (AvgIpc) is 2.94. The van der Waals surface area contributed by atoms with Crippen LogP contribution in [0.1, 0.15) is 38.4 Å². The molecule has 1 aliphatic heterocycles. The maximum atomic E-state index is 6.06. The number of thiazole rings is 1. The molecule has 1 aliphatic rings. The van der Waals surface area contributed by atoms with E-state index in [0.717, 1.165) is 29.8 Å². The Hall–Kier alpha value is -1.19. The van der Waals surface area contributed by atoms with E-state index in [9.17, 15) is 0 Å². The zero-order chi connectivity index (χ0) is 18.7. The summed E-state index contributed by atoms with van der Waals surface area (Å²) in [5, 5.41) is 4.56. The second kappa shape index (κ2) is 9.84. The number of benzene rings is 1.